The number of rotatable bonds is 4. The van der Waals surface area contributed by atoms with E-state index in [9.17, 15) is 9.59 Å². The highest BCUT2D eigenvalue weighted by Gasteiger charge is 2.15. The molecule has 0 aliphatic rings. The van der Waals surface area contributed by atoms with E-state index >= 15 is 0 Å². The summed E-state index contributed by atoms with van der Waals surface area (Å²) in [6.07, 6.45) is 1.31. The number of aromatic nitrogens is 2. The maximum atomic E-state index is 12.3. The lowest BCUT2D eigenvalue weighted by molar-refractivity contribution is 0.0938. The maximum absolute atomic E-state index is 12.3. The molecule has 24 heavy (non-hydrogen) atoms. The van der Waals surface area contributed by atoms with E-state index < -0.39 is 11.5 Å². The average Bonchev–Trinajstić information content (AvgIpc) is 2.63. The molecular formula is C19H17N3O2. The van der Waals surface area contributed by atoms with Gasteiger partial charge in [-0.25, -0.2) is 4.98 Å². The fourth-order valence-corrected chi connectivity index (χ4v) is 2.40. The van der Waals surface area contributed by atoms with Crippen LogP contribution in [0.1, 0.15) is 28.9 Å². The van der Waals surface area contributed by atoms with E-state index in [0.29, 0.717) is 5.82 Å². The van der Waals surface area contributed by atoms with Crippen molar-refractivity contribution in [2.75, 3.05) is 0 Å². The molecule has 1 amide bonds. The van der Waals surface area contributed by atoms with Crippen molar-refractivity contribution in [2.24, 2.45) is 0 Å². The molecule has 0 saturated carbocycles. The van der Waals surface area contributed by atoms with E-state index in [1.807, 2.05) is 67.6 Å². The first-order valence-electron chi connectivity index (χ1n) is 7.65. The summed E-state index contributed by atoms with van der Waals surface area (Å²) < 4.78 is 0. The van der Waals surface area contributed by atoms with E-state index in [1.54, 1.807) is 0 Å². The molecule has 1 atom stereocenters. The second-order valence-corrected chi connectivity index (χ2v) is 5.45. The van der Waals surface area contributed by atoms with Crippen LogP contribution >= 0.6 is 0 Å². The Morgan fingerprint density at radius 3 is 2.29 bits per heavy atom. The summed E-state index contributed by atoms with van der Waals surface area (Å²) in [6.45, 7) is 1.87. The molecule has 0 radical (unpaired) electrons. The monoisotopic (exact) mass is 319 g/mol. The van der Waals surface area contributed by atoms with Crippen LogP contribution in [0.25, 0.3) is 11.4 Å². The minimum Gasteiger partial charge on any atom is -0.345 e. The summed E-state index contributed by atoms with van der Waals surface area (Å²) in [5.41, 5.74) is 1.30. The van der Waals surface area contributed by atoms with Crippen LogP contribution in [0.4, 0.5) is 0 Å². The number of carbonyl (C=O) groups excluding carboxylic acids is 1. The first-order chi connectivity index (χ1) is 11.6. The van der Waals surface area contributed by atoms with E-state index in [0.717, 1.165) is 11.1 Å². The number of H-pyrrole nitrogens is 1. The van der Waals surface area contributed by atoms with Crippen LogP contribution in [0.15, 0.2) is 71.7 Å². The Kier molecular flexibility index (Phi) is 4.52. The molecule has 0 aliphatic heterocycles. The van der Waals surface area contributed by atoms with Crippen LogP contribution in [0.2, 0.25) is 0 Å². The first-order valence-corrected chi connectivity index (χ1v) is 7.65. The molecule has 2 aromatic carbocycles. The summed E-state index contributed by atoms with van der Waals surface area (Å²) in [5.74, 6) is -0.00651. The summed E-state index contributed by atoms with van der Waals surface area (Å²) in [7, 11) is 0. The van der Waals surface area contributed by atoms with Gasteiger partial charge in [0, 0.05) is 11.8 Å². The normalized spacial score (nSPS) is 11.7. The zero-order chi connectivity index (χ0) is 16.9. The molecular weight excluding hydrogens is 302 g/mol. The fraction of sp³-hybridized carbons (Fsp3) is 0.105. The van der Waals surface area contributed by atoms with Crippen LogP contribution in [-0.4, -0.2) is 15.9 Å². The second kappa shape index (κ2) is 6.91. The fourth-order valence-electron chi connectivity index (χ4n) is 2.40. The molecule has 0 spiro atoms. The molecule has 0 unspecified atom stereocenters. The first kappa shape index (κ1) is 15.7. The molecule has 1 heterocycles. The van der Waals surface area contributed by atoms with Gasteiger partial charge in [-0.05, 0) is 12.5 Å². The minimum absolute atomic E-state index is 0.00235. The van der Waals surface area contributed by atoms with Gasteiger partial charge >= 0.3 is 0 Å². The van der Waals surface area contributed by atoms with Gasteiger partial charge in [-0.15, -0.1) is 0 Å². The van der Waals surface area contributed by atoms with Gasteiger partial charge in [0.2, 0.25) is 0 Å². The molecule has 3 rings (SSSR count). The number of hydrogen-bond acceptors (Lipinski definition) is 3. The van der Waals surface area contributed by atoms with E-state index in [4.69, 9.17) is 0 Å². The van der Waals surface area contributed by atoms with Crippen molar-refractivity contribution < 1.29 is 4.79 Å². The van der Waals surface area contributed by atoms with Gasteiger partial charge in [-0.1, -0.05) is 60.7 Å². The van der Waals surface area contributed by atoms with Crippen molar-refractivity contribution in [1.29, 1.82) is 0 Å². The number of carbonyl (C=O) groups is 1. The van der Waals surface area contributed by atoms with Crippen molar-refractivity contribution in [2.45, 2.75) is 13.0 Å². The van der Waals surface area contributed by atoms with Gasteiger partial charge in [0.15, 0.2) is 0 Å². The smallest absolute Gasteiger partial charge is 0.264 e. The molecule has 1 aromatic heterocycles. The SMILES string of the molecule is C[C@@H](NC(=O)c1cnc(-c2ccccc2)[nH]c1=O)c1ccccc1. The third-order valence-electron chi connectivity index (χ3n) is 3.74. The molecule has 0 saturated heterocycles. The zero-order valence-corrected chi connectivity index (χ0v) is 13.2. The van der Waals surface area contributed by atoms with E-state index in [1.165, 1.54) is 6.20 Å². The number of amides is 1. The lowest BCUT2D eigenvalue weighted by Crippen LogP contribution is -2.32. The van der Waals surface area contributed by atoms with Crippen LogP contribution in [0.5, 0.6) is 0 Å². The Labute approximate surface area is 139 Å². The lowest BCUT2D eigenvalue weighted by Gasteiger charge is -2.14. The minimum atomic E-state index is -0.457. The van der Waals surface area contributed by atoms with E-state index in [-0.39, 0.29) is 11.6 Å². The number of aromatic amines is 1. The van der Waals surface area contributed by atoms with Gasteiger partial charge in [0.05, 0.1) is 6.04 Å². The molecule has 3 aromatic rings. The number of hydrogen-bond donors (Lipinski definition) is 2. The van der Waals surface area contributed by atoms with Crippen molar-refractivity contribution in [3.05, 3.63) is 88.3 Å². The predicted octanol–water partition coefficient (Wildman–Crippen LogP) is 2.93. The van der Waals surface area contributed by atoms with Crippen molar-refractivity contribution in [3.63, 3.8) is 0 Å². The number of nitrogens with one attached hydrogen (secondary N) is 2. The van der Waals surface area contributed by atoms with Gasteiger partial charge < -0.3 is 10.3 Å². The zero-order valence-electron chi connectivity index (χ0n) is 13.2. The summed E-state index contributed by atoms with van der Waals surface area (Å²) in [5, 5.41) is 2.81. The summed E-state index contributed by atoms with van der Waals surface area (Å²) in [4.78, 5) is 31.4. The van der Waals surface area contributed by atoms with Gasteiger partial charge in [0.25, 0.3) is 11.5 Å². The number of benzene rings is 2. The van der Waals surface area contributed by atoms with Gasteiger partial charge in [-0.3, -0.25) is 9.59 Å². The molecule has 0 fully saturated rings. The van der Waals surface area contributed by atoms with Gasteiger partial charge in [0.1, 0.15) is 11.4 Å². The highest BCUT2D eigenvalue weighted by atomic mass is 16.2. The van der Waals surface area contributed by atoms with Crippen LogP contribution in [-0.2, 0) is 0 Å². The Morgan fingerprint density at radius 1 is 1.04 bits per heavy atom. The van der Waals surface area contributed by atoms with Crippen LogP contribution in [0, 0.1) is 0 Å². The van der Waals surface area contributed by atoms with Crippen molar-refractivity contribution >= 4 is 5.91 Å². The second-order valence-electron chi connectivity index (χ2n) is 5.45. The molecule has 5 nitrogen and oxygen atoms in total. The molecule has 5 heteroatoms. The summed E-state index contributed by atoms with van der Waals surface area (Å²) >= 11 is 0. The third-order valence-corrected chi connectivity index (χ3v) is 3.74. The van der Waals surface area contributed by atoms with Crippen molar-refractivity contribution in [3.8, 4) is 11.4 Å². The maximum Gasteiger partial charge on any atom is 0.264 e. The van der Waals surface area contributed by atoms with Crippen LogP contribution in [0.3, 0.4) is 0 Å². The van der Waals surface area contributed by atoms with Crippen LogP contribution < -0.4 is 10.9 Å². The predicted molar refractivity (Wildman–Crippen MR) is 92.6 cm³/mol. The lowest BCUT2D eigenvalue weighted by atomic mass is 10.1. The topological polar surface area (TPSA) is 74.8 Å². The highest BCUT2D eigenvalue weighted by molar-refractivity contribution is 5.93. The molecule has 0 bridgehead atoms. The third kappa shape index (κ3) is 3.41. The Hall–Kier alpha value is -3.21. The number of nitrogens with zero attached hydrogens (tertiary/aromatic N) is 1. The highest BCUT2D eigenvalue weighted by Crippen LogP contribution is 2.13. The average molecular weight is 319 g/mol. The molecule has 2 N–H and O–H groups in total. The molecule has 120 valence electrons. The quantitative estimate of drug-likeness (QED) is 0.776. The van der Waals surface area contributed by atoms with Gasteiger partial charge in [-0.2, -0.15) is 0 Å². The van der Waals surface area contributed by atoms with Crippen molar-refractivity contribution in [1.82, 2.24) is 15.3 Å². The largest absolute Gasteiger partial charge is 0.345 e. The van der Waals surface area contributed by atoms with E-state index in [2.05, 4.69) is 15.3 Å². The Bertz CT molecular complexity index is 889. The standard InChI is InChI=1S/C19H17N3O2/c1-13(14-8-4-2-5-9-14)21-18(23)16-12-20-17(22-19(16)24)15-10-6-3-7-11-15/h2-13H,1H3,(H,21,23)(H,20,22,24)/t13-/m1/s1. The molecule has 0 aliphatic carbocycles. The summed E-state index contributed by atoms with van der Waals surface area (Å²) in [6, 6.07) is 18.6. The Balaban J connectivity index is 1.80. The Morgan fingerprint density at radius 2 is 1.67 bits per heavy atom.